The molecule has 0 unspecified atom stereocenters. The van der Waals surface area contributed by atoms with Gasteiger partial charge in [0, 0.05) is 22.3 Å². The molecule has 6 heteroatoms. The molecule has 34 heavy (non-hydrogen) atoms. The van der Waals surface area contributed by atoms with Crippen molar-refractivity contribution < 1.29 is 9.21 Å². The highest BCUT2D eigenvalue weighted by atomic mass is 35.5. The number of amides is 1. The Bertz CT molecular complexity index is 1450. The van der Waals surface area contributed by atoms with Gasteiger partial charge in [0.1, 0.15) is 11.5 Å². The molecule has 5 rings (SSSR count). The third-order valence-corrected chi connectivity index (χ3v) is 6.38. The highest BCUT2D eigenvalue weighted by molar-refractivity contribution is 7.80. The first-order valence-electron chi connectivity index (χ1n) is 10.8. The Balaban J connectivity index is 1.19. The Morgan fingerprint density at radius 3 is 2.68 bits per heavy atom. The molecular weight excluding hydrogens is 464 g/mol. The summed E-state index contributed by atoms with van der Waals surface area (Å²) in [5.74, 6) is 0.888. The molecule has 1 aromatic heterocycles. The van der Waals surface area contributed by atoms with Gasteiger partial charge in [-0.3, -0.25) is 10.1 Å². The minimum absolute atomic E-state index is 0.236. The van der Waals surface area contributed by atoms with Crippen molar-refractivity contribution in [2.75, 3.05) is 5.32 Å². The number of halogens is 1. The third kappa shape index (κ3) is 4.67. The van der Waals surface area contributed by atoms with Gasteiger partial charge in [-0.25, -0.2) is 0 Å². The van der Waals surface area contributed by atoms with E-state index in [1.54, 1.807) is 12.1 Å². The number of aryl methyl sites for hydroxylation is 1. The monoisotopic (exact) mass is 484 g/mol. The van der Waals surface area contributed by atoms with Gasteiger partial charge in [0.05, 0.1) is 0 Å². The molecule has 2 N–H and O–H groups in total. The fraction of sp³-hybridized carbons (Fsp3) is 0.0714. The summed E-state index contributed by atoms with van der Waals surface area (Å²) in [6, 6.07) is 23.9. The molecule has 168 valence electrons. The highest BCUT2D eigenvalue weighted by Crippen LogP contribution is 2.37. The number of anilines is 1. The van der Waals surface area contributed by atoms with Crippen molar-refractivity contribution in [3.8, 4) is 22.5 Å². The molecule has 0 bridgehead atoms. The van der Waals surface area contributed by atoms with Crippen molar-refractivity contribution in [3.63, 3.8) is 0 Å². The van der Waals surface area contributed by atoms with Crippen LogP contribution in [-0.2, 0) is 11.2 Å². The lowest BCUT2D eigenvalue weighted by molar-refractivity contribution is -0.115. The van der Waals surface area contributed by atoms with Crippen LogP contribution in [-0.4, -0.2) is 11.0 Å². The van der Waals surface area contributed by atoms with Crippen molar-refractivity contribution in [3.05, 3.63) is 106 Å². The summed E-state index contributed by atoms with van der Waals surface area (Å²) >= 11 is 11.5. The number of rotatable bonds is 4. The predicted molar refractivity (Wildman–Crippen MR) is 142 cm³/mol. The topological polar surface area (TPSA) is 54.3 Å². The minimum Gasteiger partial charge on any atom is -0.457 e. The zero-order chi connectivity index (χ0) is 23.7. The summed E-state index contributed by atoms with van der Waals surface area (Å²) in [6.45, 7) is 1.95. The quantitative estimate of drug-likeness (QED) is 0.213. The maximum Gasteiger partial charge on any atom is 0.250 e. The van der Waals surface area contributed by atoms with Crippen LogP contribution < -0.4 is 10.6 Å². The first-order valence-corrected chi connectivity index (χ1v) is 11.6. The summed E-state index contributed by atoms with van der Waals surface area (Å²) in [5.41, 5.74) is 7.80. The maximum atomic E-state index is 12.3. The Hall–Kier alpha value is -3.67. The van der Waals surface area contributed by atoms with Gasteiger partial charge in [-0.1, -0.05) is 54.1 Å². The molecule has 1 aliphatic rings. The first kappa shape index (κ1) is 22.1. The van der Waals surface area contributed by atoms with Crippen molar-refractivity contribution in [1.29, 1.82) is 0 Å². The lowest BCUT2D eigenvalue weighted by Crippen LogP contribution is -2.32. The number of nitrogens with one attached hydrogen (secondary N) is 2. The van der Waals surface area contributed by atoms with Crippen LogP contribution in [0.3, 0.4) is 0 Å². The van der Waals surface area contributed by atoms with Crippen LogP contribution in [0.2, 0.25) is 5.02 Å². The van der Waals surface area contributed by atoms with E-state index in [9.17, 15) is 4.79 Å². The van der Waals surface area contributed by atoms with Gasteiger partial charge in [-0.2, -0.15) is 0 Å². The van der Waals surface area contributed by atoms with Crippen LogP contribution in [0.1, 0.15) is 22.5 Å². The van der Waals surface area contributed by atoms with Gasteiger partial charge >= 0.3 is 0 Å². The van der Waals surface area contributed by atoms with E-state index < -0.39 is 0 Å². The molecule has 0 radical (unpaired) electrons. The molecule has 3 aromatic carbocycles. The summed E-state index contributed by atoms with van der Waals surface area (Å²) in [5, 5.41) is 6.68. The number of hydrogen-bond acceptors (Lipinski definition) is 3. The zero-order valence-electron chi connectivity index (χ0n) is 18.4. The maximum absolute atomic E-state index is 12.3. The molecule has 1 amide bonds. The van der Waals surface area contributed by atoms with Crippen LogP contribution >= 0.6 is 23.8 Å². The van der Waals surface area contributed by atoms with Crippen molar-refractivity contribution in [2.45, 2.75) is 13.3 Å². The molecule has 1 aliphatic carbocycles. The molecule has 4 nitrogen and oxygen atoms in total. The SMILES string of the molecule is Cc1ccc(-c2ccc(/C=C/C(=O)NC(=S)Nc3ccc4c(c3)Cc3ccccc3-4)o2)cc1Cl. The van der Waals surface area contributed by atoms with E-state index in [0.29, 0.717) is 16.5 Å². The minimum atomic E-state index is -0.345. The summed E-state index contributed by atoms with van der Waals surface area (Å²) in [6.07, 6.45) is 3.88. The van der Waals surface area contributed by atoms with Crippen LogP contribution in [0.5, 0.6) is 0 Å². The van der Waals surface area contributed by atoms with Gasteiger partial charge in [0.2, 0.25) is 5.91 Å². The number of benzene rings is 3. The smallest absolute Gasteiger partial charge is 0.250 e. The van der Waals surface area contributed by atoms with Gasteiger partial charge < -0.3 is 9.73 Å². The normalized spacial score (nSPS) is 11.8. The van der Waals surface area contributed by atoms with Gasteiger partial charge in [-0.05, 0) is 89.8 Å². The molecule has 0 saturated heterocycles. The van der Waals surface area contributed by atoms with Crippen LogP contribution in [0.15, 0.2) is 83.3 Å². The largest absolute Gasteiger partial charge is 0.457 e. The number of carbonyl (C=O) groups excluding carboxylic acids is 1. The lowest BCUT2D eigenvalue weighted by atomic mass is 10.1. The second-order valence-corrected chi connectivity index (χ2v) is 8.96. The van der Waals surface area contributed by atoms with Crippen LogP contribution in [0.4, 0.5) is 5.69 Å². The van der Waals surface area contributed by atoms with Crippen molar-refractivity contribution in [1.82, 2.24) is 5.32 Å². The van der Waals surface area contributed by atoms with Crippen molar-refractivity contribution in [2.24, 2.45) is 0 Å². The Morgan fingerprint density at radius 2 is 1.82 bits per heavy atom. The molecule has 4 aromatic rings. The standard InChI is InChI=1S/C28H21ClN2O2S/c1-17-6-7-19(16-25(17)29)26-12-9-22(33-26)10-13-27(32)31-28(34)30-21-8-11-24-20(15-21)14-18-4-2-3-5-23(18)24/h2-13,15-16H,14H2,1H3,(H2,30,31,32,34)/b13-10+. The fourth-order valence-electron chi connectivity index (χ4n) is 4.04. The first-order chi connectivity index (χ1) is 16.5. The van der Waals surface area contributed by atoms with Gasteiger partial charge in [0.15, 0.2) is 5.11 Å². The van der Waals surface area contributed by atoms with E-state index in [2.05, 4.69) is 47.0 Å². The van der Waals surface area contributed by atoms with E-state index in [0.717, 1.165) is 23.2 Å². The summed E-state index contributed by atoms with van der Waals surface area (Å²) < 4.78 is 5.81. The molecule has 0 saturated carbocycles. The number of carbonyl (C=O) groups is 1. The Kier molecular flexibility index (Phi) is 6.05. The molecule has 0 fully saturated rings. The highest BCUT2D eigenvalue weighted by Gasteiger charge is 2.18. The Labute approximate surface area is 208 Å². The van der Waals surface area contributed by atoms with Crippen LogP contribution in [0.25, 0.3) is 28.5 Å². The predicted octanol–water partition coefficient (Wildman–Crippen LogP) is 7.01. The van der Waals surface area contributed by atoms with E-state index >= 15 is 0 Å². The zero-order valence-corrected chi connectivity index (χ0v) is 20.0. The number of thiocarbonyl (C=S) groups is 1. The molecule has 0 spiro atoms. The van der Waals surface area contributed by atoms with Crippen LogP contribution in [0, 0.1) is 6.92 Å². The Morgan fingerprint density at radius 1 is 1.00 bits per heavy atom. The molecule has 1 heterocycles. The summed E-state index contributed by atoms with van der Waals surface area (Å²) in [7, 11) is 0. The fourth-order valence-corrected chi connectivity index (χ4v) is 4.44. The number of hydrogen-bond donors (Lipinski definition) is 2. The van der Waals surface area contributed by atoms with Crippen molar-refractivity contribution >= 4 is 46.6 Å². The summed E-state index contributed by atoms with van der Waals surface area (Å²) in [4.78, 5) is 12.3. The van der Waals surface area contributed by atoms with Gasteiger partial charge in [-0.15, -0.1) is 0 Å². The average Bonchev–Trinajstić information content (AvgIpc) is 3.43. The average molecular weight is 485 g/mol. The second kappa shape index (κ2) is 9.29. The molecular formula is C28H21ClN2O2S. The van der Waals surface area contributed by atoms with E-state index in [1.807, 2.05) is 37.3 Å². The van der Waals surface area contributed by atoms with E-state index in [4.69, 9.17) is 28.2 Å². The number of fused-ring (bicyclic) bond motifs is 3. The number of furan rings is 1. The van der Waals surface area contributed by atoms with E-state index in [-0.39, 0.29) is 11.0 Å². The molecule has 0 atom stereocenters. The van der Waals surface area contributed by atoms with E-state index in [1.165, 1.54) is 28.3 Å². The molecule has 0 aliphatic heterocycles. The van der Waals surface area contributed by atoms with Gasteiger partial charge in [0.25, 0.3) is 0 Å². The third-order valence-electron chi connectivity index (χ3n) is 5.77. The second-order valence-electron chi connectivity index (χ2n) is 8.15. The lowest BCUT2D eigenvalue weighted by Gasteiger charge is -2.10.